The third-order valence-corrected chi connectivity index (χ3v) is 6.66. The van der Waals surface area contributed by atoms with Gasteiger partial charge in [-0.05, 0) is 49.4 Å². The number of H-pyrrole nitrogens is 1. The van der Waals surface area contributed by atoms with Gasteiger partial charge < -0.3 is 23.6 Å². The number of piperazine rings is 1. The number of aromatic nitrogens is 2. The van der Waals surface area contributed by atoms with Gasteiger partial charge in [0.15, 0.2) is 5.76 Å². The molecule has 2 aliphatic rings. The Morgan fingerprint density at radius 1 is 1.09 bits per heavy atom. The molecule has 1 aromatic carbocycles. The topological polar surface area (TPSA) is 102 Å². The number of fused-ring (bicyclic) bond motifs is 3. The number of nitriles is 1. The molecule has 4 aromatic rings. The summed E-state index contributed by atoms with van der Waals surface area (Å²) >= 11 is 0. The van der Waals surface area contributed by atoms with Gasteiger partial charge in [-0.25, -0.2) is 0 Å². The number of para-hydroxylation sites is 1. The van der Waals surface area contributed by atoms with Gasteiger partial charge in [0.2, 0.25) is 11.6 Å². The molecule has 0 radical (unpaired) electrons. The van der Waals surface area contributed by atoms with Crippen LogP contribution in [0.25, 0.3) is 22.6 Å². The molecular weight excluding hydrogens is 418 g/mol. The second-order valence-corrected chi connectivity index (χ2v) is 8.56. The van der Waals surface area contributed by atoms with Crippen molar-refractivity contribution in [3.63, 3.8) is 0 Å². The highest BCUT2D eigenvalue weighted by Gasteiger charge is 2.29. The van der Waals surface area contributed by atoms with E-state index in [1.165, 1.54) is 35.7 Å². The molecule has 1 fully saturated rings. The minimum absolute atomic E-state index is 0.0354. The number of anilines is 1. The first-order chi connectivity index (χ1) is 16.2. The molecule has 8 heteroatoms. The molecule has 0 bridgehead atoms. The van der Waals surface area contributed by atoms with E-state index in [0.717, 1.165) is 23.9 Å². The number of nitrogens with zero attached hydrogens (tertiary/aromatic N) is 4. The predicted molar refractivity (Wildman–Crippen MR) is 122 cm³/mol. The van der Waals surface area contributed by atoms with Crippen LogP contribution in [-0.4, -0.2) is 47.0 Å². The molecule has 166 valence electrons. The zero-order chi connectivity index (χ0) is 22.4. The summed E-state index contributed by atoms with van der Waals surface area (Å²) in [4.78, 5) is 25.1. The molecule has 1 saturated heterocycles. The van der Waals surface area contributed by atoms with Crippen LogP contribution in [0.5, 0.6) is 0 Å². The van der Waals surface area contributed by atoms with Crippen molar-refractivity contribution in [2.45, 2.75) is 25.7 Å². The van der Waals surface area contributed by atoms with E-state index < -0.39 is 0 Å². The Hall–Kier alpha value is -3.99. The molecule has 33 heavy (non-hydrogen) atoms. The fraction of sp³-hybridized carbons (Fsp3) is 0.320. The quantitative estimate of drug-likeness (QED) is 0.513. The van der Waals surface area contributed by atoms with E-state index in [1.54, 1.807) is 12.1 Å². The van der Waals surface area contributed by atoms with Gasteiger partial charge in [0.05, 0.1) is 17.3 Å². The highest BCUT2D eigenvalue weighted by molar-refractivity contribution is 6.07. The molecule has 6 rings (SSSR count). The average molecular weight is 441 g/mol. The summed E-state index contributed by atoms with van der Waals surface area (Å²) in [7, 11) is 0. The van der Waals surface area contributed by atoms with Crippen molar-refractivity contribution in [1.82, 2.24) is 14.9 Å². The molecule has 1 aliphatic heterocycles. The SMILES string of the molecule is N#Cc1nc(-c2ccco2)oc1N1CCN(C(=O)c2cccc3c4c([nH]c23)CCCC4)CC1. The summed E-state index contributed by atoms with van der Waals surface area (Å²) in [6, 6.07) is 11.6. The van der Waals surface area contributed by atoms with Gasteiger partial charge in [0.25, 0.3) is 11.8 Å². The van der Waals surface area contributed by atoms with E-state index in [1.807, 2.05) is 21.9 Å². The summed E-state index contributed by atoms with van der Waals surface area (Å²) in [5.74, 6) is 1.23. The van der Waals surface area contributed by atoms with Crippen molar-refractivity contribution in [1.29, 1.82) is 5.26 Å². The number of hydrogen-bond acceptors (Lipinski definition) is 6. The standard InChI is InChI=1S/C25H23N5O3/c26-15-20-25(33-23(28-20)21-9-4-14-32-21)30-12-10-29(11-13-30)24(31)18-7-3-6-17-16-5-1-2-8-19(16)27-22(17)18/h3-4,6-7,9,14,27H,1-2,5,8,10-13H2. The molecule has 0 spiro atoms. The molecule has 3 aromatic heterocycles. The van der Waals surface area contributed by atoms with Crippen molar-refractivity contribution < 1.29 is 13.6 Å². The monoisotopic (exact) mass is 441 g/mol. The van der Waals surface area contributed by atoms with E-state index in [4.69, 9.17) is 8.83 Å². The minimum atomic E-state index is 0.0354. The number of rotatable bonds is 3. The first-order valence-electron chi connectivity index (χ1n) is 11.3. The average Bonchev–Trinajstić information content (AvgIpc) is 3.61. The van der Waals surface area contributed by atoms with Crippen LogP contribution in [0, 0.1) is 11.3 Å². The molecule has 0 unspecified atom stereocenters. The Bertz CT molecular complexity index is 1370. The summed E-state index contributed by atoms with van der Waals surface area (Å²) in [6.07, 6.45) is 6.06. The number of furan rings is 1. The van der Waals surface area contributed by atoms with E-state index >= 15 is 0 Å². The molecule has 8 nitrogen and oxygen atoms in total. The zero-order valence-electron chi connectivity index (χ0n) is 18.1. The lowest BCUT2D eigenvalue weighted by Gasteiger charge is -2.34. The lowest BCUT2D eigenvalue weighted by atomic mass is 9.95. The van der Waals surface area contributed by atoms with Crippen molar-refractivity contribution in [3.8, 4) is 17.7 Å². The van der Waals surface area contributed by atoms with E-state index in [9.17, 15) is 10.1 Å². The molecule has 0 atom stereocenters. The molecule has 0 saturated carbocycles. The Labute approximate surface area is 190 Å². The minimum Gasteiger partial charge on any atom is -0.459 e. The number of hydrogen-bond donors (Lipinski definition) is 1. The summed E-state index contributed by atoms with van der Waals surface area (Å²) in [5, 5.41) is 10.7. The number of nitrogens with one attached hydrogen (secondary N) is 1. The Morgan fingerprint density at radius 3 is 2.73 bits per heavy atom. The van der Waals surface area contributed by atoms with Gasteiger partial charge in [-0.1, -0.05) is 12.1 Å². The fourth-order valence-corrected chi connectivity index (χ4v) is 5.00. The number of benzene rings is 1. The van der Waals surface area contributed by atoms with Crippen LogP contribution in [0.3, 0.4) is 0 Å². The molecule has 1 amide bonds. The maximum absolute atomic E-state index is 13.4. The third kappa shape index (κ3) is 3.28. The number of carbonyl (C=O) groups is 1. The van der Waals surface area contributed by atoms with Crippen LogP contribution in [0.4, 0.5) is 5.88 Å². The van der Waals surface area contributed by atoms with Crippen molar-refractivity contribution in [2.24, 2.45) is 0 Å². The van der Waals surface area contributed by atoms with Gasteiger partial charge >= 0.3 is 0 Å². The van der Waals surface area contributed by atoms with E-state index in [2.05, 4.69) is 22.1 Å². The second-order valence-electron chi connectivity index (χ2n) is 8.56. The van der Waals surface area contributed by atoms with Crippen LogP contribution < -0.4 is 4.90 Å². The molecule has 1 aliphatic carbocycles. The summed E-state index contributed by atoms with van der Waals surface area (Å²) < 4.78 is 11.2. The third-order valence-electron chi connectivity index (χ3n) is 6.66. The predicted octanol–water partition coefficient (Wildman–Crippen LogP) is 4.13. The van der Waals surface area contributed by atoms with Crippen molar-refractivity contribution in [2.75, 3.05) is 31.1 Å². The number of amides is 1. The van der Waals surface area contributed by atoms with Gasteiger partial charge in [-0.3, -0.25) is 4.79 Å². The number of carbonyl (C=O) groups excluding carboxylic acids is 1. The van der Waals surface area contributed by atoms with Crippen molar-refractivity contribution in [3.05, 3.63) is 59.1 Å². The Morgan fingerprint density at radius 2 is 1.94 bits per heavy atom. The highest BCUT2D eigenvalue weighted by Crippen LogP contribution is 2.32. The lowest BCUT2D eigenvalue weighted by Crippen LogP contribution is -2.49. The number of aryl methyl sites for hydroxylation is 2. The first kappa shape index (κ1) is 19.7. The van der Waals surface area contributed by atoms with Crippen molar-refractivity contribution >= 4 is 22.7 Å². The maximum Gasteiger partial charge on any atom is 0.266 e. The van der Waals surface area contributed by atoms with Crippen LogP contribution >= 0.6 is 0 Å². The number of aromatic amines is 1. The van der Waals surface area contributed by atoms with Crippen LogP contribution in [-0.2, 0) is 12.8 Å². The van der Waals surface area contributed by atoms with Gasteiger partial charge in [0.1, 0.15) is 6.07 Å². The normalized spacial score (nSPS) is 16.1. The molecule has 1 N–H and O–H groups in total. The Balaban J connectivity index is 1.22. The highest BCUT2D eigenvalue weighted by atomic mass is 16.4. The smallest absolute Gasteiger partial charge is 0.266 e. The van der Waals surface area contributed by atoms with Crippen LogP contribution in [0.2, 0.25) is 0 Å². The zero-order valence-corrected chi connectivity index (χ0v) is 18.1. The summed E-state index contributed by atoms with van der Waals surface area (Å²) in [5.41, 5.74) is 4.57. The van der Waals surface area contributed by atoms with Crippen LogP contribution in [0.15, 0.2) is 45.4 Å². The van der Waals surface area contributed by atoms with Gasteiger partial charge in [0, 0.05) is 37.3 Å². The van der Waals surface area contributed by atoms with E-state index in [-0.39, 0.29) is 17.5 Å². The lowest BCUT2D eigenvalue weighted by molar-refractivity contribution is 0.0747. The molecular formula is C25H23N5O3. The Kier molecular flexibility index (Phi) is 4.68. The number of oxazole rings is 1. The van der Waals surface area contributed by atoms with E-state index in [0.29, 0.717) is 37.8 Å². The van der Waals surface area contributed by atoms with Crippen LogP contribution in [0.1, 0.15) is 40.2 Å². The fourth-order valence-electron chi connectivity index (χ4n) is 5.00. The second kappa shape index (κ2) is 7.85. The van der Waals surface area contributed by atoms with Gasteiger partial charge in [-0.2, -0.15) is 10.2 Å². The maximum atomic E-state index is 13.4. The molecule has 4 heterocycles. The first-order valence-corrected chi connectivity index (χ1v) is 11.3. The van der Waals surface area contributed by atoms with Gasteiger partial charge in [-0.15, -0.1) is 0 Å². The summed E-state index contributed by atoms with van der Waals surface area (Å²) in [6.45, 7) is 2.20. The largest absolute Gasteiger partial charge is 0.459 e.